The number of hydrogen-bond acceptors (Lipinski definition) is 6. The Balaban J connectivity index is 4.37. The van der Waals surface area contributed by atoms with Crippen molar-refractivity contribution in [3.05, 3.63) is 97.2 Å². The lowest BCUT2D eigenvalue weighted by Crippen LogP contribution is -2.30. The van der Waals surface area contributed by atoms with E-state index in [-0.39, 0.29) is 31.1 Å². The van der Waals surface area contributed by atoms with Gasteiger partial charge in [-0.15, -0.1) is 0 Å². The number of hydrogen-bond donors (Lipinski definition) is 0. The molecule has 0 rings (SSSR count). The lowest BCUT2D eigenvalue weighted by molar-refractivity contribution is -0.167. The van der Waals surface area contributed by atoms with Crippen LogP contribution in [-0.2, 0) is 28.6 Å². The van der Waals surface area contributed by atoms with Gasteiger partial charge < -0.3 is 14.2 Å². The lowest BCUT2D eigenvalue weighted by atomic mass is 10.1. The second-order valence-electron chi connectivity index (χ2n) is 18.5. The molecule has 68 heavy (non-hydrogen) atoms. The fourth-order valence-corrected chi connectivity index (χ4v) is 7.56. The first-order valence-corrected chi connectivity index (χ1v) is 28.2. The Bertz CT molecular complexity index is 1360. The van der Waals surface area contributed by atoms with E-state index < -0.39 is 6.10 Å². The second kappa shape index (κ2) is 55.9. The van der Waals surface area contributed by atoms with E-state index in [2.05, 4.69) is 118 Å². The first-order valence-electron chi connectivity index (χ1n) is 28.2. The molecule has 6 nitrogen and oxygen atoms in total. The van der Waals surface area contributed by atoms with Crippen LogP contribution in [0, 0.1) is 0 Å². The third kappa shape index (κ3) is 53.3. The average Bonchev–Trinajstić information content (AvgIpc) is 3.34. The summed E-state index contributed by atoms with van der Waals surface area (Å²) in [7, 11) is 0. The Morgan fingerprint density at radius 1 is 0.309 bits per heavy atom. The van der Waals surface area contributed by atoms with Gasteiger partial charge in [0.1, 0.15) is 13.2 Å². The summed E-state index contributed by atoms with van der Waals surface area (Å²) in [4.78, 5) is 38.1. The second-order valence-corrected chi connectivity index (χ2v) is 18.5. The highest BCUT2D eigenvalue weighted by Crippen LogP contribution is 2.14. The molecule has 0 aromatic carbocycles. The van der Waals surface area contributed by atoms with Crippen molar-refractivity contribution in [1.29, 1.82) is 0 Å². The third-order valence-electron chi connectivity index (χ3n) is 11.8. The Morgan fingerprint density at radius 3 is 0.971 bits per heavy atom. The van der Waals surface area contributed by atoms with Crippen molar-refractivity contribution in [1.82, 2.24) is 0 Å². The van der Waals surface area contributed by atoms with Crippen LogP contribution in [0.4, 0.5) is 0 Å². The molecule has 0 amide bonds. The van der Waals surface area contributed by atoms with E-state index in [4.69, 9.17) is 14.2 Å². The fraction of sp³-hybridized carbons (Fsp3) is 0.694. The van der Waals surface area contributed by atoms with E-state index in [0.29, 0.717) is 19.3 Å². The van der Waals surface area contributed by atoms with E-state index in [1.165, 1.54) is 83.5 Å². The number of unbranched alkanes of at least 4 members (excludes halogenated alkanes) is 23. The van der Waals surface area contributed by atoms with Crippen LogP contribution in [0.5, 0.6) is 0 Å². The van der Waals surface area contributed by atoms with Crippen LogP contribution in [0.25, 0.3) is 0 Å². The van der Waals surface area contributed by atoms with E-state index in [0.717, 1.165) is 135 Å². The molecule has 0 saturated carbocycles. The maximum Gasteiger partial charge on any atom is 0.306 e. The molecule has 0 aromatic rings. The number of allylic oxidation sites excluding steroid dienone is 16. The zero-order chi connectivity index (χ0) is 49.3. The zero-order valence-electron chi connectivity index (χ0n) is 44.3. The third-order valence-corrected chi connectivity index (χ3v) is 11.8. The summed E-state index contributed by atoms with van der Waals surface area (Å²) >= 11 is 0. The summed E-state index contributed by atoms with van der Waals surface area (Å²) in [6.07, 6.45) is 74.0. The molecule has 6 heteroatoms. The van der Waals surface area contributed by atoms with Gasteiger partial charge in [0, 0.05) is 19.3 Å². The maximum absolute atomic E-state index is 12.8. The van der Waals surface area contributed by atoms with Gasteiger partial charge >= 0.3 is 17.9 Å². The van der Waals surface area contributed by atoms with Crippen LogP contribution in [-0.4, -0.2) is 37.2 Å². The summed E-state index contributed by atoms with van der Waals surface area (Å²) in [5, 5.41) is 0. The van der Waals surface area contributed by atoms with Gasteiger partial charge in [0.05, 0.1) is 0 Å². The zero-order valence-corrected chi connectivity index (χ0v) is 44.3. The molecule has 0 bridgehead atoms. The Kier molecular flexibility index (Phi) is 52.9. The van der Waals surface area contributed by atoms with Crippen LogP contribution in [0.15, 0.2) is 97.2 Å². The normalized spacial score (nSPS) is 12.8. The molecule has 0 aliphatic rings. The van der Waals surface area contributed by atoms with Gasteiger partial charge in [0.2, 0.25) is 0 Å². The minimum atomic E-state index is -0.792. The van der Waals surface area contributed by atoms with E-state index >= 15 is 0 Å². The predicted octanol–water partition coefficient (Wildman–Crippen LogP) is 18.9. The molecule has 388 valence electrons. The standard InChI is InChI=1S/C62H104O6/c1-4-7-10-13-16-19-22-24-26-28-30-31-33-34-36-38-40-43-46-49-52-55-61(64)67-58-59(57-66-60(63)54-51-48-45-42-21-18-15-12-9-6-3)68-62(65)56-53-50-47-44-41-39-37-35-32-29-27-25-23-20-17-14-11-8-5-2/h7,10,12,15-17,19-20,24-27,30-31,34,36,59H,4-6,8-9,11,13-14,18,21-23,28-29,32-33,35,37-58H2,1-3H3/b10-7-,15-12-,19-16-,20-17-,26-24-,27-25-,31-30-,36-34-. The van der Waals surface area contributed by atoms with Gasteiger partial charge in [-0.05, 0) is 116 Å². The van der Waals surface area contributed by atoms with E-state index in [1.807, 2.05) is 0 Å². The molecular formula is C62H104O6. The molecule has 0 saturated heterocycles. The minimum Gasteiger partial charge on any atom is -0.462 e. The smallest absolute Gasteiger partial charge is 0.306 e. The Morgan fingerprint density at radius 2 is 0.603 bits per heavy atom. The van der Waals surface area contributed by atoms with Crippen molar-refractivity contribution in [3.63, 3.8) is 0 Å². The molecule has 0 N–H and O–H groups in total. The molecule has 0 aromatic heterocycles. The summed E-state index contributed by atoms with van der Waals surface area (Å²) < 4.78 is 16.8. The maximum atomic E-state index is 12.8. The number of carbonyl (C=O) groups excluding carboxylic acids is 3. The SMILES string of the molecule is CC/C=C\C/C=C\C/C=C\C/C=C\C/C=C\CCCCCCCC(=O)OCC(COC(=O)CCCCCCC/C=C\CCC)OC(=O)CCCCCCCCCCC/C=C\C/C=C\CCCCC. The topological polar surface area (TPSA) is 78.9 Å². The van der Waals surface area contributed by atoms with Crippen molar-refractivity contribution in [2.75, 3.05) is 13.2 Å². The molecule has 1 unspecified atom stereocenters. The largest absolute Gasteiger partial charge is 0.462 e. The number of carbonyl (C=O) groups is 3. The van der Waals surface area contributed by atoms with Crippen LogP contribution in [0.1, 0.15) is 258 Å². The van der Waals surface area contributed by atoms with Crippen LogP contribution >= 0.6 is 0 Å². The van der Waals surface area contributed by atoms with E-state index in [1.54, 1.807) is 0 Å². The van der Waals surface area contributed by atoms with Gasteiger partial charge in [-0.1, -0.05) is 221 Å². The highest BCUT2D eigenvalue weighted by molar-refractivity contribution is 5.71. The summed E-state index contributed by atoms with van der Waals surface area (Å²) in [6.45, 7) is 6.42. The summed E-state index contributed by atoms with van der Waals surface area (Å²) in [6, 6.07) is 0. The highest BCUT2D eigenvalue weighted by atomic mass is 16.6. The number of esters is 3. The quantitative estimate of drug-likeness (QED) is 0.0262. The van der Waals surface area contributed by atoms with Crippen LogP contribution in [0.2, 0.25) is 0 Å². The van der Waals surface area contributed by atoms with Gasteiger partial charge in [0.15, 0.2) is 6.10 Å². The fourth-order valence-electron chi connectivity index (χ4n) is 7.56. The van der Waals surface area contributed by atoms with Crippen molar-refractivity contribution < 1.29 is 28.6 Å². The van der Waals surface area contributed by atoms with Crippen LogP contribution in [0.3, 0.4) is 0 Å². The molecule has 0 aliphatic carbocycles. The molecule has 0 radical (unpaired) electrons. The molecular weight excluding hydrogens is 841 g/mol. The Hall–Kier alpha value is -3.67. The lowest BCUT2D eigenvalue weighted by Gasteiger charge is -2.18. The van der Waals surface area contributed by atoms with Gasteiger partial charge in [-0.2, -0.15) is 0 Å². The molecule has 0 spiro atoms. The van der Waals surface area contributed by atoms with Crippen molar-refractivity contribution in [2.24, 2.45) is 0 Å². The monoisotopic (exact) mass is 945 g/mol. The highest BCUT2D eigenvalue weighted by Gasteiger charge is 2.19. The van der Waals surface area contributed by atoms with Crippen molar-refractivity contribution in [3.8, 4) is 0 Å². The first kappa shape index (κ1) is 64.3. The average molecular weight is 946 g/mol. The summed E-state index contributed by atoms with van der Waals surface area (Å²) in [5.41, 5.74) is 0. The van der Waals surface area contributed by atoms with Crippen LogP contribution < -0.4 is 0 Å². The molecule has 0 aliphatic heterocycles. The summed E-state index contributed by atoms with van der Waals surface area (Å²) in [5.74, 6) is -0.923. The van der Waals surface area contributed by atoms with Crippen molar-refractivity contribution in [2.45, 2.75) is 264 Å². The number of rotatable bonds is 50. The molecule has 0 fully saturated rings. The van der Waals surface area contributed by atoms with Gasteiger partial charge in [-0.3, -0.25) is 14.4 Å². The molecule has 0 heterocycles. The Labute approximate surface area is 419 Å². The molecule has 1 atom stereocenters. The van der Waals surface area contributed by atoms with Gasteiger partial charge in [-0.25, -0.2) is 0 Å². The van der Waals surface area contributed by atoms with E-state index in [9.17, 15) is 14.4 Å². The predicted molar refractivity (Wildman–Crippen MR) is 293 cm³/mol. The number of ether oxygens (including phenoxy) is 3. The van der Waals surface area contributed by atoms with Crippen molar-refractivity contribution >= 4 is 17.9 Å². The van der Waals surface area contributed by atoms with Gasteiger partial charge in [0.25, 0.3) is 0 Å². The minimum absolute atomic E-state index is 0.0906. The first-order chi connectivity index (χ1) is 33.5.